The average molecular weight is 330 g/mol. The minimum atomic E-state index is 0.276. The molecule has 0 aliphatic carbocycles. The maximum atomic E-state index is 12.1. The first-order chi connectivity index (χ1) is 9.03. The number of hydrogen-bond donors (Lipinski definition) is 0. The van der Waals surface area contributed by atoms with Crippen molar-refractivity contribution in [1.29, 1.82) is 0 Å². The summed E-state index contributed by atoms with van der Waals surface area (Å²) in [6.07, 6.45) is 1.95. The van der Waals surface area contributed by atoms with E-state index in [0.29, 0.717) is 12.8 Å². The van der Waals surface area contributed by atoms with Crippen molar-refractivity contribution < 1.29 is 4.79 Å². The number of carbonyl (C=O) groups is 1. The highest BCUT2D eigenvalue weighted by atomic mass is 79.9. The fraction of sp³-hybridized carbons (Fsp3) is 0.714. The molecule has 0 radical (unpaired) electrons. The Hall–Kier alpha value is -0.680. The summed E-state index contributed by atoms with van der Waals surface area (Å²) in [5.74, 6) is 0.276. The number of ketones is 1. The van der Waals surface area contributed by atoms with E-state index in [4.69, 9.17) is 0 Å². The average Bonchev–Trinajstić information content (AvgIpc) is 2.67. The molecule has 108 valence electrons. The van der Waals surface area contributed by atoms with E-state index in [2.05, 4.69) is 46.7 Å². The van der Waals surface area contributed by atoms with E-state index in [1.807, 2.05) is 11.7 Å². The molecular formula is C14H24BrN3O. The van der Waals surface area contributed by atoms with Crippen LogP contribution in [0, 0.1) is 0 Å². The van der Waals surface area contributed by atoms with Gasteiger partial charge in [0.1, 0.15) is 5.78 Å². The fourth-order valence-corrected chi connectivity index (χ4v) is 2.87. The number of carbonyl (C=O) groups excluding carboxylic acids is 1. The zero-order chi connectivity index (χ0) is 14.4. The predicted molar refractivity (Wildman–Crippen MR) is 81.4 cm³/mol. The van der Waals surface area contributed by atoms with E-state index in [0.717, 1.165) is 41.9 Å². The Balaban J connectivity index is 2.60. The molecule has 1 heterocycles. The van der Waals surface area contributed by atoms with Gasteiger partial charge in [0.2, 0.25) is 0 Å². The van der Waals surface area contributed by atoms with Crippen molar-refractivity contribution in [1.82, 2.24) is 14.7 Å². The van der Waals surface area contributed by atoms with Crippen molar-refractivity contribution in [3.8, 4) is 0 Å². The molecule has 0 aliphatic heterocycles. The van der Waals surface area contributed by atoms with Crippen LogP contribution in [0.15, 0.2) is 4.47 Å². The highest BCUT2D eigenvalue weighted by molar-refractivity contribution is 9.10. The summed E-state index contributed by atoms with van der Waals surface area (Å²) in [6, 6.07) is 0. The Morgan fingerprint density at radius 2 is 1.95 bits per heavy atom. The third kappa shape index (κ3) is 4.42. The molecule has 1 aromatic heterocycles. The van der Waals surface area contributed by atoms with Crippen molar-refractivity contribution in [2.24, 2.45) is 7.05 Å². The predicted octanol–water partition coefficient (Wildman–Crippen LogP) is 2.59. The molecule has 1 aromatic rings. The summed E-state index contributed by atoms with van der Waals surface area (Å²) in [6.45, 7) is 9.16. The number of Topliss-reactive ketones (excluding diaryl/α,β-unsaturated/α-hetero) is 1. The molecule has 0 aliphatic rings. The molecule has 19 heavy (non-hydrogen) atoms. The number of aryl methyl sites for hydroxylation is 2. The maximum absolute atomic E-state index is 12.1. The summed E-state index contributed by atoms with van der Waals surface area (Å²) < 4.78 is 2.81. The highest BCUT2D eigenvalue weighted by Crippen LogP contribution is 2.22. The van der Waals surface area contributed by atoms with Crippen molar-refractivity contribution in [3.05, 3.63) is 15.9 Å². The zero-order valence-corrected chi connectivity index (χ0v) is 14.0. The first-order valence-corrected chi connectivity index (χ1v) is 7.76. The maximum Gasteiger partial charge on any atom is 0.140 e. The summed E-state index contributed by atoms with van der Waals surface area (Å²) in [5, 5.41) is 4.42. The van der Waals surface area contributed by atoms with Crippen molar-refractivity contribution in [3.63, 3.8) is 0 Å². The number of halogens is 1. The van der Waals surface area contributed by atoms with Crippen LogP contribution in [0.3, 0.4) is 0 Å². The lowest BCUT2D eigenvalue weighted by atomic mass is 10.1. The Bertz CT molecular complexity index is 425. The quantitative estimate of drug-likeness (QED) is 0.735. The lowest BCUT2D eigenvalue weighted by Crippen LogP contribution is -2.26. The number of aromatic nitrogens is 2. The third-order valence-corrected chi connectivity index (χ3v) is 4.38. The van der Waals surface area contributed by atoms with Gasteiger partial charge in [0, 0.05) is 26.4 Å². The molecule has 0 unspecified atom stereocenters. The molecule has 1 rings (SSSR count). The van der Waals surface area contributed by atoms with Crippen molar-refractivity contribution >= 4 is 21.7 Å². The standard InChI is InChI=1S/C14H24BrN3O/c1-5-12-14(15)13(17(4)16-12)10-11(19)8-9-18(6-2)7-3/h5-10H2,1-4H3. The van der Waals surface area contributed by atoms with E-state index in [9.17, 15) is 4.79 Å². The van der Waals surface area contributed by atoms with Gasteiger partial charge in [-0.1, -0.05) is 20.8 Å². The van der Waals surface area contributed by atoms with Crippen LogP contribution in [0.4, 0.5) is 0 Å². The summed E-state index contributed by atoms with van der Waals surface area (Å²) in [4.78, 5) is 14.3. The van der Waals surface area contributed by atoms with Crippen LogP contribution in [0.1, 0.15) is 38.6 Å². The van der Waals surface area contributed by atoms with Gasteiger partial charge in [0.15, 0.2) is 0 Å². The van der Waals surface area contributed by atoms with Gasteiger partial charge in [0.25, 0.3) is 0 Å². The largest absolute Gasteiger partial charge is 0.303 e. The molecule has 0 saturated carbocycles. The Kier molecular flexibility index (Phi) is 6.72. The summed E-state index contributed by atoms with van der Waals surface area (Å²) >= 11 is 3.55. The Labute approximate surface area is 124 Å². The van der Waals surface area contributed by atoms with E-state index in [1.165, 1.54) is 0 Å². The lowest BCUT2D eigenvalue weighted by Gasteiger charge is -2.17. The lowest BCUT2D eigenvalue weighted by molar-refractivity contribution is -0.118. The van der Waals surface area contributed by atoms with Gasteiger partial charge in [0.05, 0.1) is 15.9 Å². The van der Waals surface area contributed by atoms with E-state index in [-0.39, 0.29) is 5.78 Å². The van der Waals surface area contributed by atoms with Gasteiger partial charge < -0.3 is 4.90 Å². The second-order valence-corrected chi connectivity index (χ2v) is 5.47. The Morgan fingerprint density at radius 1 is 1.32 bits per heavy atom. The van der Waals surface area contributed by atoms with E-state index in [1.54, 1.807) is 0 Å². The van der Waals surface area contributed by atoms with E-state index >= 15 is 0 Å². The van der Waals surface area contributed by atoms with Crippen LogP contribution in [0.2, 0.25) is 0 Å². The normalized spacial score (nSPS) is 11.3. The van der Waals surface area contributed by atoms with Crippen LogP contribution in [-0.2, 0) is 24.7 Å². The molecule has 0 fully saturated rings. The number of hydrogen-bond acceptors (Lipinski definition) is 3. The second kappa shape index (κ2) is 7.80. The summed E-state index contributed by atoms with van der Waals surface area (Å²) in [7, 11) is 1.90. The second-order valence-electron chi connectivity index (χ2n) is 4.68. The van der Waals surface area contributed by atoms with Crippen LogP contribution in [-0.4, -0.2) is 40.1 Å². The molecule has 0 aromatic carbocycles. The van der Waals surface area contributed by atoms with Gasteiger partial charge in [-0.05, 0) is 35.4 Å². The van der Waals surface area contributed by atoms with Gasteiger partial charge in [-0.25, -0.2) is 0 Å². The number of rotatable bonds is 8. The first-order valence-electron chi connectivity index (χ1n) is 6.97. The minimum absolute atomic E-state index is 0.276. The summed E-state index contributed by atoms with van der Waals surface area (Å²) in [5.41, 5.74) is 2.01. The van der Waals surface area contributed by atoms with Gasteiger partial charge in [-0.15, -0.1) is 0 Å². The van der Waals surface area contributed by atoms with E-state index < -0.39 is 0 Å². The molecule has 0 N–H and O–H groups in total. The first kappa shape index (κ1) is 16.4. The van der Waals surface area contributed by atoms with Crippen LogP contribution in [0.5, 0.6) is 0 Å². The van der Waals surface area contributed by atoms with Gasteiger partial charge in [-0.3, -0.25) is 9.48 Å². The fourth-order valence-electron chi connectivity index (χ4n) is 2.11. The third-order valence-electron chi connectivity index (χ3n) is 3.47. The van der Waals surface area contributed by atoms with Gasteiger partial charge in [-0.2, -0.15) is 5.10 Å². The minimum Gasteiger partial charge on any atom is -0.303 e. The van der Waals surface area contributed by atoms with Crippen molar-refractivity contribution in [2.45, 2.75) is 40.0 Å². The van der Waals surface area contributed by atoms with Crippen LogP contribution < -0.4 is 0 Å². The van der Waals surface area contributed by atoms with Crippen molar-refractivity contribution in [2.75, 3.05) is 19.6 Å². The molecular weight excluding hydrogens is 306 g/mol. The molecule has 5 heteroatoms. The SMILES string of the molecule is CCc1nn(C)c(CC(=O)CCN(CC)CC)c1Br. The highest BCUT2D eigenvalue weighted by Gasteiger charge is 2.16. The zero-order valence-electron chi connectivity index (χ0n) is 12.4. The molecule has 0 bridgehead atoms. The Morgan fingerprint density at radius 3 is 2.42 bits per heavy atom. The monoisotopic (exact) mass is 329 g/mol. The van der Waals surface area contributed by atoms with Gasteiger partial charge >= 0.3 is 0 Å². The number of nitrogens with zero attached hydrogens (tertiary/aromatic N) is 3. The topological polar surface area (TPSA) is 38.1 Å². The van der Waals surface area contributed by atoms with Crippen LogP contribution >= 0.6 is 15.9 Å². The molecule has 0 saturated heterocycles. The molecule has 4 nitrogen and oxygen atoms in total. The molecule has 0 spiro atoms. The smallest absolute Gasteiger partial charge is 0.140 e. The van der Waals surface area contributed by atoms with Crippen LogP contribution in [0.25, 0.3) is 0 Å². The molecule has 0 amide bonds. The molecule has 0 atom stereocenters.